The smallest absolute Gasteiger partial charge is 0.745 e. The molecule has 1 aromatic carbocycles. The van der Waals surface area contributed by atoms with Gasteiger partial charge in [-0.15, -0.1) is 0 Å². The molecule has 1 unspecified atom stereocenters. The Kier molecular flexibility index (Phi) is 26.0. The van der Waals surface area contributed by atoms with Crippen molar-refractivity contribution < 1.29 is 83.4 Å². The van der Waals surface area contributed by atoms with Gasteiger partial charge in [-0.2, -0.15) is 0 Å². The first-order chi connectivity index (χ1) is 19.3. The number of hydrogen-bond acceptors (Lipinski definition) is 7. The third-order valence-corrected chi connectivity index (χ3v) is 8.32. The van der Waals surface area contributed by atoms with Crippen molar-refractivity contribution >= 4 is 22.1 Å². The van der Waals surface area contributed by atoms with Gasteiger partial charge in [0, 0.05) is 0 Å². The van der Waals surface area contributed by atoms with E-state index in [9.17, 15) is 22.6 Å². The average Bonchev–Trinajstić information content (AvgIpc) is 2.94. The van der Waals surface area contributed by atoms with E-state index in [1.807, 2.05) is 0 Å². The minimum atomic E-state index is -4.80. The van der Waals surface area contributed by atoms with Crippen LogP contribution >= 0.6 is 0 Å². The maximum atomic E-state index is 12.5. The first-order valence-corrected chi connectivity index (χ1v) is 17.2. The maximum absolute atomic E-state index is 12.5. The molecule has 0 aliphatic heterocycles. The Balaban J connectivity index is 0.0000160. The Hall–Kier alpha value is -0.294. The van der Waals surface area contributed by atoms with Gasteiger partial charge < -0.3 is 14.0 Å². The summed E-state index contributed by atoms with van der Waals surface area (Å²) in [5, 5.41) is 0. The molecule has 0 aliphatic carbocycles. The molecule has 0 saturated carbocycles. The van der Waals surface area contributed by atoms with E-state index in [2.05, 4.69) is 6.92 Å². The molecule has 0 bridgehead atoms. The number of rotatable bonds is 25. The normalized spacial score (nSPS) is 12.0. The van der Waals surface area contributed by atoms with Crippen LogP contribution in [0.1, 0.15) is 163 Å². The minimum Gasteiger partial charge on any atom is -0.745 e. The number of esters is 2. The fourth-order valence-electron chi connectivity index (χ4n) is 4.79. The van der Waals surface area contributed by atoms with Gasteiger partial charge in [0.1, 0.15) is 10.1 Å². The van der Waals surface area contributed by atoms with E-state index in [1.165, 1.54) is 128 Å². The molecule has 0 amide bonds. The van der Waals surface area contributed by atoms with E-state index in [0.717, 1.165) is 19.3 Å². The first kappa shape index (κ1) is 40.7. The summed E-state index contributed by atoms with van der Waals surface area (Å²) in [6.45, 7) is 3.93. The second kappa shape index (κ2) is 26.1. The Morgan fingerprint density at radius 3 is 1.39 bits per heavy atom. The van der Waals surface area contributed by atoms with Crippen LogP contribution in [-0.4, -0.2) is 37.0 Å². The molecule has 0 radical (unpaired) electrons. The molecule has 1 rings (SSSR count). The van der Waals surface area contributed by atoms with E-state index in [-0.39, 0.29) is 75.5 Å². The molecule has 0 heterocycles. The van der Waals surface area contributed by atoms with Crippen LogP contribution in [0.2, 0.25) is 0 Å². The molecule has 9 heteroatoms. The number of carbonyl (C=O) groups excluding carboxylic acids is 2. The fourth-order valence-corrected chi connectivity index (χ4v) is 5.40. The van der Waals surface area contributed by atoms with Crippen molar-refractivity contribution in [3.63, 3.8) is 0 Å². The summed E-state index contributed by atoms with van der Waals surface area (Å²) < 4.78 is 43.8. The molecule has 1 atom stereocenters. The summed E-state index contributed by atoms with van der Waals surface area (Å²) >= 11 is 0. The number of ether oxygens (including phenoxy) is 2. The van der Waals surface area contributed by atoms with E-state index < -0.39 is 27.5 Å². The molecule has 0 aromatic heterocycles. The van der Waals surface area contributed by atoms with Crippen LogP contribution in [0.15, 0.2) is 24.3 Å². The molecule has 0 N–H and O–H groups in total. The van der Waals surface area contributed by atoms with E-state index in [0.29, 0.717) is 0 Å². The van der Waals surface area contributed by atoms with Crippen molar-refractivity contribution in [2.45, 2.75) is 148 Å². The summed E-state index contributed by atoms with van der Waals surface area (Å²) in [6.07, 6.45) is 24.3. The largest absolute Gasteiger partial charge is 1.00 e. The molecule has 0 fully saturated rings. The summed E-state index contributed by atoms with van der Waals surface area (Å²) in [7, 11) is -4.80. The third kappa shape index (κ3) is 20.3. The van der Waals surface area contributed by atoms with Crippen molar-refractivity contribution in [2.75, 3.05) is 6.61 Å². The molecule has 41 heavy (non-hydrogen) atoms. The van der Waals surface area contributed by atoms with E-state index in [1.54, 1.807) is 6.07 Å². The van der Waals surface area contributed by atoms with Crippen LogP contribution in [-0.2, 0) is 19.6 Å². The summed E-state index contributed by atoms with van der Waals surface area (Å²) in [6, 6.07) is 5.87. The van der Waals surface area contributed by atoms with Crippen molar-refractivity contribution in [1.82, 2.24) is 0 Å². The molecular weight excluding hydrogens is 568 g/mol. The average molecular weight is 621 g/mol. The molecular formula is C32H53KO7S. The molecule has 0 spiro atoms. The Labute approximate surface area is 292 Å². The van der Waals surface area contributed by atoms with Gasteiger partial charge in [-0.25, -0.2) is 18.0 Å². The molecule has 0 saturated heterocycles. The first-order valence-electron chi connectivity index (χ1n) is 15.7. The standard InChI is InChI=1S/C32H54O7S.K/c1-3-5-6-7-8-9-10-11-12-13-14-15-16-17-18-19-20-21-24-27-38-31(33)28-25-22-23-26-29(28)32(34)39-30(4-2)40(35,36)37;/h22-23,25-26,30H,3-21,24,27H2,1-2H3,(H,35,36,37);/q;+1/p-1. The topological polar surface area (TPSA) is 110 Å². The van der Waals surface area contributed by atoms with Gasteiger partial charge in [0.05, 0.1) is 17.7 Å². The van der Waals surface area contributed by atoms with E-state index >= 15 is 0 Å². The predicted octanol–water partition coefficient (Wildman–Crippen LogP) is 5.72. The maximum Gasteiger partial charge on any atom is 1.00 e. The van der Waals surface area contributed by atoms with Crippen LogP contribution in [0, 0.1) is 0 Å². The quantitative estimate of drug-likeness (QED) is 0.0595. The minimum absolute atomic E-state index is 0. The predicted molar refractivity (Wildman–Crippen MR) is 159 cm³/mol. The summed E-state index contributed by atoms with van der Waals surface area (Å²) in [4.78, 5) is 24.9. The molecule has 230 valence electrons. The van der Waals surface area contributed by atoms with Gasteiger partial charge in [0.25, 0.3) is 0 Å². The zero-order valence-corrected chi connectivity index (χ0v) is 29.9. The Morgan fingerprint density at radius 2 is 1.02 bits per heavy atom. The van der Waals surface area contributed by atoms with E-state index in [4.69, 9.17) is 9.47 Å². The third-order valence-electron chi connectivity index (χ3n) is 7.24. The van der Waals surface area contributed by atoms with Crippen molar-refractivity contribution in [1.29, 1.82) is 0 Å². The monoisotopic (exact) mass is 620 g/mol. The number of carbonyl (C=O) groups is 2. The zero-order chi connectivity index (χ0) is 29.5. The van der Waals surface area contributed by atoms with Gasteiger partial charge in [-0.3, -0.25) is 0 Å². The number of hydrogen-bond donors (Lipinski definition) is 0. The number of benzene rings is 1. The van der Waals surface area contributed by atoms with Crippen molar-refractivity contribution in [3.05, 3.63) is 35.4 Å². The van der Waals surface area contributed by atoms with Crippen LogP contribution in [0.25, 0.3) is 0 Å². The van der Waals surface area contributed by atoms with Crippen LogP contribution in [0.4, 0.5) is 0 Å². The van der Waals surface area contributed by atoms with Crippen molar-refractivity contribution in [2.24, 2.45) is 0 Å². The summed E-state index contributed by atoms with van der Waals surface area (Å²) in [5.74, 6) is -1.71. The van der Waals surface area contributed by atoms with Crippen LogP contribution < -0.4 is 51.4 Å². The van der Waals surface area contributed by atoms with Gasteiger partial charge in [-0.05, 0) is 25.0 Å². The SMILES string of the molecule is CCCCCCCCCCCCCCCCCCCCCOC(=O)c1ccccc1C(=O)OC(CC)S(=O)(=O)[O-].[K+]. The summed E-state index contributed by atoms with van der Waals surface area (Å²) in [5.41, 5.74) is -1.93. The zero-order valence-electron chi connectivity index (χ0n) is 26.0. The molecule has 7 nitrogen and oxygen atoms in total. The Bertz CT molecular complexity index is 920. The van der Waals surface area contributed by atoms with Crippen LogP contribution in [0.5, 0.6) is 0 Å². The van der Waals surface area contributed by atoms with Crippen LogP contribution in [0.3, 0.4) is 0 Å². The van der Waals surface area contributed by atoms with Gasteiger partial charge in [-0.1, -0.05) is 142 Å². The van der Waals surface area contributed by atoms with Gasteiger partial charge in [0.15, 0.2) is 5.44 Å². The van der Waals surface area contributed by atoms with Gasteiger partial charge >= 0.3 is 63.3 Å². The second-order valence-corrected chi connectivity index (χ2v) is 12.3. The molecule has 1 aromatic rings. The van der Waals surface area contributed by atoms with Crippen molar-refractivity contribution in [3.8, 4) is 0 Å². The number of unbranched alkanes of at least 4 members (excludes halogenated alkanes) is 18. The fraction of sp³-hybridized carbons (Fsp3) is 0.750. The van der Waals surface area contributed by atoms with Gasteiger partial charge in [0.2, 0.25) is 0 Å². The molecule has 0 aliphatic rings. The second-order valence-electron chi connectivity index (χ2n) is 10.8. The Morgan fingerprint density at radius 1 is 0.659 bits per heavy atom.